The van der Waals surface area contributed by atoms with Gasteiger partial charge in [-0.3, -0.25) is 0 Å². The van der Waals surface area contributed by atoms with Gasteiger partial charge in [0.15, 0.2) is 0 Å². The van der Waals surface area contributed by atoms with E-state index in [1.807, 2.05) is 6.07 Å². The van der Waals surface area contributed by atoms with Crippen LogP contribution in [-0.2, 0) is 11.3 Å². The number of hydrogen-bond donors (Lipinski definition) is 1. The highest BCUT2D eigenvalue weighted by atomic mass is 19.1. The number of likely N-dealkylation sites (N-methyl/N-ethyl adjacent to an activating group) is 1. The second kappa shape index (κ2) is 6.62. The number of halogens is 1. The summed E-state index contributed by atoms with van der Waals surface area (Å²) >= 11 is 0. The van der Waals surface area contributed by atoms with Gasteiger partial charge in [-0.1, -0.05) is 12.1 Å². The fraction of sp³-hybridized carbons (Fsp3) is 0.500. The molecular weight excluding hydrogens is 245 g/mol. The van der Waals surface area contributed by atoms with Crippen molar-refractivity contribution in [3.8, 4) is 6.07 Å². The van der Waals surface area contributed by atoms with Crippen molar-refractivity contribution in [2.75, 3.05) is 33.3 Å². The maximum absolute atomic E-state index is 13.8. The lowest BCUT2D eigenvalue weighted by Gasteiger charge is -2.30. The Hall–Kier alpha value is -1.48. The summed E-state index contributed by atoms with van der Waals surface area (Å²) in [6.07, 6.45) is 0.140. The summed E-state index contributed by atoms with van der Waals surface area (Å²) < 4.78 is 19.4. The zero-order chi connectivity index (χ0) is 13.7. The summed E-state index contributed by atoms with van der Waals surface area (Å²) in [5.41, 5.74) is 0.608. The highest BCUT2D eigenvalue weighted by molar-refractivity contribution is 5.34. The van der Waals surface area contributed by atoms with Crippen molar-refractivity contribution in [2.24, 2.45) is 0 Å². The van der Waals surface area contributed by atoms with Crippen LogP contribution in [-0.4, -0.2) is 44.3 Å². The van der Waals surface area contributed by atoms with Crippen molar-refractivity contribution in [3.63, 3.8) is 0 Å². The van der Waals surface area contributed by atoms with Gasteiger partial charge in [0.05, 0.1) is 18.3 Å². The molecule has 0 bridgehead atoms. The maximum Gasteiger partial charge on any atom is 0.145 e. The molecule has 1 aromatic rings. The lowest BCUT2D eigenvalue weighted by Crippen LogP contribution is -2.44. The number of benzene rings is 1. The van der Waals surface area contributed by atoms with E-state index in [2.05, 4.69) is 17.3 Å². The number of rotatable bonds is 4. The summed E-state index contributed by atoms with van der Waals surface area (Å²) in [7, 11) is 2.06. The Balaban J connectivity index is 1.84. The van der Waals surface area contributed by atoms with Crippen molar-refractivity contribution in [3.05, 3.63) is 35.1 Å². The van der Waals surface area contributed by atoms with Gasteiger partial charge in [-0.15, -0.1) is 0 Å². The van der Waals surface area contributed by atoms with E-state index in [1.54, 1.807) is 12.1 Å². The zero-order valence-corrected chi connectivity index (χ0v) is 11.0. The smallest absolute Gasteiger partial charge is 0.145 e. The summed E-state index contributed by atoms with van der Waals surface area (Å²) in [5, 5.41) is 11.9. The molecule has 1 saturated heterocycles. The highest BCUT2D eigenvalue weighted by Gasteiger charge is 2.17. The first-order chi connectivity index (χ1) is 9.20. The van der Waals surface area contributed by atoms with Crippen LogP contribution < -0.4 is 5.32 Å². The molecule has 1 aliphatic rings. The van der Waals surface area contributed by atoms with E-state index in [4.69, 9.17) is 10.00 Å². The average molecular weight is 263 g/mol. The molecule has 1 atom stereocenters. The third-order valence-electron chi connectivity index (χ3n) is 3.23. The van der Waals surface area contributed by atoms with Crippen LogP contribution in [0.4, 0.5) is 4.39 Å². The minimum absolute atomic E-state index is 0.0907. The molecule has 5 heteroatoms. The number of nitriles is 1. The van der Waals surface area contributed by atoms with Crippen molar-refractivity contribution in [2.45, 2.75) is 12.6 Å². The molecule has 4 nitrogen and oxygen atoms in total. The largest absolute Gasteiger partial charge is 0.374 e. The molecule has 102 valence electrons. The Bertz CT molecular complexity index is 472. The number of morpholine rings is 1. The number of ether oxygens (including phenoxy) is 1. The van der Waals surface area contributed by atoms with Gasteiger partial charge in [0, 0.05) is 31.7 Å². The molecule has 1 aliphatic heterocycles. The molecule has 1 N–H and O–H groups in total. The fourth-order valence-corrected chi connectivity index (χ4v) is 2.16. The first kappa shape index (κ1) is 13.9. The van der Waals surface area contributed by atoms with Gasteiger partial charge in [-0.25, -0.2) is 4.39 Å². The second-order valence-electron chi connectivity index (χ2n) is 4.78. The van der Waals surface area contributed by atoms with Crippen LogP contribution in [0.25, 0.3) is 0 Å². The van der Waals surface area contributed by atoms with Crippen LogP contribution in [0.5, 0.6) is 0 Å². The van der Waals surface area contributed by atoms with Gasteiger partial charge in [-0.2, -0.15) is 5.26 Å². The zero-order valence-electron chi connectivity index (χ0n) is 11.0. The SMILES string of the molecule is CN1CCOC(CNCc2cccc(C#N)c2F)C1. The summed E-state index contributed by atoms with van der Waals surface area (Å²) in [6, 6.07) is 6.72. The Morgan fingerprint density at radius 3 is 3.16 bits per heavy atom. The lowest BCUT2D eigenvalue weighted by atomic mass is 10.1. The fourth-order valence-electron chi connectivity index (χ4n) is 2.16. The van der Waals surface area contributed by atoms with Crippen LogP contribution in [0, 0.1) is 17.1 Å². The Morgan fingerprint density at radius 1 is 1.58 bits per heavy atom. The molecule has 0 aromatic heterocycles. The van der Waals surface area contributed by atoms with E-state index in [9.17, 15) is 4.39 Å². The van der Waals surface area contributed by atoms with Crippen LogP contribution in [0.2, 0.25) is 0 Å². The van der Waals surface area contributed by atoms with Crippen molar-refractivity contribution < 1.29 is 9.13 Å². The van der Waals surface area contributed by atoms with Crippen molar-refractivity contribution >= 4 is 0 Å². The quantitative estimate of drug-likeness (QED) is 0.884. The number of nitrogens with one attached hydrogen (secondary N) is 1. The molecule has 0 aliphatic carbocycles. The van der Waals surface area contributed by atoms with Crippen LogP contribution >= 0.6 is 0 Å². The number of nitrogens with zero attached hydrogens (tertiary/aromatic N) is 2. The second-order valence-corrected chi connectivity index (χ2v) is 4.78. The van der Waals surface area contributed by atoms with E-state index in [1.165, 1.54) is 6.07 Å². The van der Waals surface area contributed by atoms with Gasteiger partial charge < -0.3 is 15.0 Å². The predicted molar refractivity (Wildman–Crippen MR) is 70.1 cm³/mol. The lowest BCUT2D eigenvalue weighted by molar-refractivity contribution is -0.0182. The van der Waals surface area contributed by atoms with E-state index in [-0.39, 0.29) is 11.7 Å². The predicted octanol–water partition coefficient (Wildman–Crippen LogP) is 1.12. The van der Waals surface area contributed by atoms with Gasteiger partial charge in [0.2, 0.25) is 0 Å². The van der Waals surface area contributed by atoms with Crippen molar-refractivity contribution in [1.29, 1.82) is 5.26 Å². The Morgan fingerprint density at radius 2 is 2.42 bits per heavy atom. The first-order valence-corrected chi connectivity index (χ1v) is 6.39. The molecule has 1 unspecified atom stereocenters. The summed E-state index contributed by atoms with van der Waals surface area (Å²) in [5.74, 6) is -0.431. The van der Waals surface area contributed by atoms with Crippen LogP contribution in [0.3, 0.4) is 0 Å². The monoisotopic (exact) mass is 263 g/mol. The van der Waals surface area contributed by atoms with Crippen LogP contribution in [0.15, 0.2) is 18.2 Å². The molecular formula is C14H18FN3O. The molecule has 1 aromatic carbocycles. The average Bonchev–Trinajstić information content (AvgIpc) is 2.41. The normalized spacial score (nSPS) is 20.2. The standard InChI is InChI=1S/C14H18FN3O/c1-18-5-6-19-13(10-18)9-17-8-12-4-2-3-11(7-16)14(12)15/h2-4,13,17H,5-6,8-10H2,1H3. The van der Waals surface area contributed by atoms with Gasteiger partial charge in [0.1, 0.15) is 11.9 Å². The summed E-state index contributed by atoms with van der Waals surface area (Å²) in [6.45, 7) is 3.66. The van der Waals surface area contributed by atoms with Gasteiger partial charge in [-0.05, 0) is 13.1 Å². The third kappa shape index (κ3) is 3.74. The topological polar surface area (TPSA) is 48.3 Å². The van der Waals surface area contributed by atoms with E-state index in [0.29, 0.717) is 18.7 Å². The third-order valence-corrected chi connectivity index (χ3v) is 3.23. The highest BCUT2D eigenvalue weighted by Crippen LogP contribution is 2.12. The summed E-state index contributed by atoms with van der Waals surface area (Å²) in [4.78, 5) is 2.22. The Labute approximate surface area is 112 Å². The first-order valence-electron chi connectivity index (χ1n) is 6.39. The van der Waals surface area contributed by atoms with E-state index in [0.717, 1.165) is 19.7 Å². The van der Waals surface area contributed by atoms with E-state index < -0.39 is 5.82 Å². The molecule has 0 spiro atoms. The molecule has 1 heterocycles. The van der Waals surface area contributed by atoms with Crippen LogP contribution in [0.1, 0.15) is 11.1 Å². The number of hydrogen-bond acceptors (Lipinski definition) is 4. The van der Waals surface area contributed by atoms with Crippen molar-refractivity contribution in [1.82, 2.24) is 10.2 Å². The molecule has 19 heavy (non-hydrogen) atoms. The molecule has 0 amide bonds. The molecule has 0 saturated carbocycles. The maximum atomic E-state index is 13.8. The van der Waals surface area contributed by atoms with Gasteiger partial charge >= 0.3 is 0 Å². The Kier molecular flexibility index (Phi) is 4.86. The molecule has 2 rings (SSSR count). The molecule has 0 radical (unpaired) electrons. The van der Waals surface area contributed by atoms with E-state index >= 15 is 0 Å². The minimum Gasteiger partial charge on any atom is -0.374 e. The molecule has 1 fully saturated rings. The minimum atomic E-state index is -0.431. The van der Waals surface area contributed by atoms with Gasteiger partial charge in [0.25, 0.3) is 0 Å².